The Balaban J connectivity index is 2.28. The van der Waals surface area contributed by atoms with Gasteiger partial charge in [0.15, 0.2) is 0 Å². The third kappa shape index (κ3) is 2.34. The van der Waals surface area contributed by atoms with Gasteiger partial charge in [0, 0.05) is 0 Å². The number of aromatic nitrogens is 2. The van der Waals surface area contributed by atoms with Crippen LogP contribution in [0.25, 0.3) is 0 Å². The fourth-order valence-corrected chi connectivity index (χ4v) is 1.59. The number of nitro groups is 1. The minimum Gasteiger partial charge on any atom is -0.478 e. The van der Waals surface area contributed by atoms with Gasteiger partial charge in [0.25, 0.3) is 0 Å². The van der Waals surface area contributed by atoms with Crippen LogP contribution >= 0.6 is 0 Å². The smallest absolute Gasteiger partial charge is 0.381 e. The van der Waals surface area contributed by atoms with Crippen LogP contribution < -0.4 is 0 Å². The minimum absolute atomic E-state index is 0.175. The molecule has 2 aromatic rings. The van der Waals surface area contributed by atoms with E-state index in [1.807, 2.05) is 0 Å². The van der Waals surface area contributed by atoms with Gasteiger partial charge in [-0.25, -0.2) is 4.79 Å². The second-order valence-corrected chi connectivity index (χ2v) is 3.62. The highest BCUT2D eigenvalue weighted by Crippen LogP contribution is 2.13. The van der Waals surface area contributed by atoms with Crippen LogP contribution in [0.15, 0.2) is 36.8 Å². The number of nitrogens with zero attached hydrogens (tertiary/aromatic N) is 3. The second kappa shape index (κ2) is 4.66. The summed E-state index contributed by atoms with van der Waals surface area (Å²) >= 11 is 0. The highest BCUT2D eigenvalue weighted by Gasteiger charge is 2.13. The number of benzene rings is 1. The van der Waals surface area contributed by atoms with E-state index in [1.165, 1.54) is 23.2 Å². The lowest BCUT2D eigenvalue weighted by Gasteiger charge is -2.05. The van der Waals surface area contributed by atoms with Crippen molar-refractivity contribution in [3.63, 3.8) is 0 Å². The normalized spacial score (nSPS) is 10.2. The first-order valence-electron chi connectivity index (χ1n) is 5.05. The third-order valence-electron chi connectivity index (χ3n) is 2.41. The summed E-state index contributed by atoms with van der Waals surface area (Å²) in [5.41, 5.74) is 0.742. The molecule has 0 aliphatic rings. The van der Waals surface area contributed by atoms with Crippen LogP contribution in [0.5, 0.6) is 0 Å². The number of aromatic carboxylic acids is 1. The van der Waals surface area contributed by atoms with Crippen LogP contribution in [0.3, 0.4) is 0 Å². The molecule has 1 heterocycles. The van der Waals surface area contributed by atoms with Crippen LogP contribution in [-0.2, 0) is 6.54 Å². The van der Waals surface area contributed by atoms with E-state index in [2.05, 4.69) is 4.98 Å². The molecule has 1 N–H and O–H groups in total. The van der Waals surface area contributed by atoms with E-state index in [9.17, 15) is 14.9 Å². The van der Waals surface area contributed by atoms with E-state index in [1.54, 1.807) is 18.2 Å². The van der Waals surface area contributed by atoms with E-state index in [0.717, 1.165) is 0 Å². The zero-order chi connectivity index (χ0) is 13.1. The molecule has 1 aromatic heterocycles. The molecule has 0 saturated heterocycles. The van der Waals surface area contributed by atoms with Crippen molar-refractivity contribution in [1.29, 1.82) is 0 Å². The Morgan fingerprint density at radius 2 is 2.17 bits per heavy atom. The lowest BCUT2D eigenvalue weighted by atomic mass is 10.1. The zero-order valence-electron chi connectivity index (χ0n) is 9.18. The van der Waals surface area contributed by atoms with Crippen molar-refractivity contribution in [1.82, 2.24) is 9.55 Å². The summed E-state index contributed by atoms with van der Waals surface area (Å²) in [5.74, 6) is -1.29. The Bertz CT molecular complexity index is 606. The molecule has 92 valence electrons. The molecule has 0 saturated carbocycles. The first-order chi connectivity index (χ1) is 8.58. The Hall–Kier alpha value is -2.70. The summed E-state index contributed by atoms with van der Waals surface area (Å²) in [6.07, 6.45) is 2.56. The van der Waals surface area contributed by atoms with Crippen molar-refractivity contribution in [2.75, 3.05) is 0 Å². The monoisotopic (exact) mass is 247 g/mol. The molecule has 2 rings (SSSR count). The molecule has 7 heteroatoms. The summed E-state index contributed by atoms with van der Waals surface area (Å²) in [6.45, 7) is 0.226. The second-order valence-electron chi connectivity index (χ2n) is 3.62. The maximum Gasteiger partial charge on any atom is 0.381 e. The molecule has 0 radical (unpaired) electrons. The van der Waals surface area contributed by atoms with Gasteiger partial charge < -0.3 is 19.8 Å². The molecular formula is C11H9N3O4. The number of hydrogen-bond donors (Lipinski definition) is 1. The van der Waals surface area contributed by atoms with E-state index in [4.69, 9.17) is 5.11 Å². The summed E-state index contributed by atoms with van der Waals surface area (Å²) in [5, 5.41) is 19.5. The van der Waals surface area contributed by atoms with Gasteiger partial charge in [-0.3, -0.25) is 0 Å². The van der Waals surface area contributed by atoms with Crippen LogP contribution in [0.4, 0.5) is 5.82 Å². The molecule has 7 nitrogen and oxygen atoms in total. The molecule has 0 bridgehead atoms. The average molecular weight is 247 g/mol. The third-order valence-corrected chi connectivity index (χ3v) is 2.41. The van der Waals surface area contributed by atoms with Crippen LogP contribution in [0.1, 0.15) is 15.9 Å². The minimum atomic E-state index is -1.03. The lowest BCUT2D eigenvalue weighted by Crippen LogP contribution is -2.05. The summed E-state index contributed by atoms with van der Waals surface area (Å²) in [7, 11) is 0. The standard InChI is InChI=1S/C11H9N3O4/c15-11(16)9-4-2-1-3-8(9)5-13-6-10(12-7-13)14(17)18/h1-4,6-7H,5H2,(H,15,16). The number of carboxylic acid groups (broad SMARTS) is 1. The number of carbonyl (C=O) groups is 1. The Morgan fingerprint density at radius 3 is 2.78 bits per heavy atom. The SMILES string of the molecule is O=C(O)c1ccccc1Cn1cnc([N+](=O)[O-])c1. The fourth-order valence-electron chi connectivity index (χ4n) is 1.59. The van der Waals surface area contributed by atoms with E-state index in [0.29, 0.717) is 5.56 Å². The van der Waals surface area contributed by atoms with Gasteiger partial charge in [0.1, 0.15) is 6.20 Å². The molecule has 0 spiro atoms. The van der Waals surface area contributed by atoms with Gasteiger partial charge in [0.05, 0.1) is 12.1 Å². The van der Waals surface area contributed by atoms with Gasteiger partial charge in [-0.05, 0) is 21.5 Å². The quantitative estimate of drug-likeness (QED) is 0.652. The van der Waals surface area contributed by atoms with Gasteiger partial charge in [-0.15, -0.1) is 0 Å². The van der Waals surface area contributed by atoms with Crippen molar-refractivity contribution in [2.24, 2.45) is 0 Å². The van der Waals surface area contributed by atoms with Crippen LogP contribution in [0.2, 0.25) is 0 Å². The highest BCUT2D eigenvalue weighted by molar-refractivity contribution is 5.89. The lowest BCUT2D eigenvalue weighted by molar-refractivity contribution is -0.389. The van der Waals surface area contributed by atoms with Gasteiger partial charge >= 0.3 is 11.8 Å². The number of rotatable bonds is 4. The molecule has 0 unspecified atom stereocenters. The number of carboxylic acids is 1. The predicted molar refractivity (Wildman–Crippen MR) is 61.4 cm³/mol. The first-order valence-corrected chi connectivity index (χ1v) is 5.05. The molecule has 0 aliphatic carbocycles. The first kappa shape index (κ1) is 11.8. The maximum absolute atomic E-state index is 11.0. The maximum atomic E-state index is 11.0. The van der Waals surface area contributed by atoms with Gasteiger partial charge in [-0.2, -0.15) is 0 Å². The molecule has 0 atom stereocenters. The fraction of sp³-hybridized carbons (Fsp3) is 0.0909. The average Bonchev–Trinajstić information content (AvgIpc) is 2.78. The largest absolute Gasteiger partial charge is 0.478 e. The Morgan fingerprint density at radius 1 is 1.44 bits per heavy atom. The van der Waals surface area contributed by atoms with Crippen molar-refractivity contribution in [2.45, 2.75) is 6.54 Å². The topological polar surface area (TPSA) is 98.3 Å². The van der Waals surface area contributed by atoms with Crippen molar-refractivity contribution in [3.05, 3.63) is 58.0 Å². The van der Waals surface area contributed by atoms with Crippen molar-refractivity contribution in [3.8, 4) is 0 Å². The summed E-state index contributed by atoms with van der Waals surface area (Å²) in [6, 6.07) is 6.49. The van der Waals surface area contributed by atoms with Crippen molar-refractivity contribution < 1.29 is 14.8 Å². The van der Waals surface area contributed by atoms with E-state index < -0.39 is 10.9 Å². The number of imidazole rings is 1. The van der Waals surface area contributed by atoms with E-state index >= 15 is 0 Å². The predicted octanol–water partition coefficient (Wildman–Crippen LogP) is 1.54. The highest BCUT2D eigenvalue weighted by atomic mass is 16.6. The Labute approximate surface area is 101 Å². The van der Waals surface area contributed by atoms with Gasteiger partial charge in [-0.1, -0.05) is 18.2 Å². The molecule has 1 aromatic carbocycles. The summed E-state index contributed by atoms with van der Waals surface area (Å²) in [4.78, 5) is 24.5. The summed E-state index contributed by atoms with van der Waals surface area (Å²) < 4.78 is 1.47. The number of hydrogen-bond acceptors (Lipinski definition) is 4. The van der Waals surface area contributed by atoms with Gasteiger partial charge in [0.2, 0.25) is 6.33 Å². The zero-order valence-corrected chi connectivity index (χ0v) is 9.18. The molecule has 0 amide bonds. The molecule has 18 heavy (non-hydrogen) atoms. The van der Waals surface area contributed by atoms with Crippen LogP contribution in [-0.4, -0.2) is 25.6 Å². The molecule has 0 fully saturated rings. The Kier molecular flexibility index (Phi) is 3.05. The van der Waals surface area contributed by atoms with E-state index in [-0.39, 0.29) is 17.9 Å². The molecule has 0 aliphatic heterocycles. The molecular weight excluding hydrogens is 238 g/mol. The van der Waals surface area contributed by atoms with Crippen molar-refractivity contribution >= 4 is 11.8 Å². The van der Waals surface area contributed by atoms with Crippen LogP contribution in [0, 0.1) is 10.1 Å².